The minimum atomic E-state index is 1.16. The van der Waals surface area contributed by atoms with Crippen molar-refractivity contribution in [2.24, 2.45) is 0 Å². The fraction of sp³-hybridized carbons (Fsp3) is 0.556. The molecule has 1 saturated heterocycles. The van der Waals surface area contributed by atoms with E-state index in [4.69, 9.17) is 0 Å². The molecule has 1 aromatic carbocycles. The molecule has 0 bridgehead atoms. The Labute approximate surface area is 122 Å². The van der Waals surface area contributed by atoms with Crippen LogP contribution in [0.1, 0.15) is 45.4 Å². The molecular weight excluding hydrogens is 244 g/mol. The van der Waals surface area contributed by atoms with Crippen LogP contribution in [0.3, 0.4) is 0 Å². The molecule has 0 radical (unpaired) electrons. The molecule has 0 atom stereocenters. The lowest BCUT2D eigenvalue weighted by atomic mass is 10.1. The van der Waals surface area contributed by atoms with Gasteiger partial charge in [-0.05, 0) is 37.8 Å². The second kappa shape index (κ2) is 6.34. The maximum absolute atomic E-state index is 2.59. The Kier molecular flexibility index (Phi) is 4.29. The zero-order valence-corrected chi connectivity index (χ0v) is 12.6. The number of rotatable bonds is 5. The summed E-state index contributed by atoms with van der Waals surface area (Å²) in [4.78, 5) is 2.59. The van der Waals surface area contributed by atoms with E-state index in [9.17, 15) is 0 Å². The van der Waals surface area contributed by atoms with Crippen molar-refractivity contribution in [2.45, 2.75) is 52.0 Å². The predicted octanol–water partition coefficient (Wildman–Crippen LogP) is 4.82. The highest BCUT2D eigenvalue weighted by Gasteiger charge is 2.16. The molecule has 108 valence electrons. The molecule has 0 aliphatic carbocycles. The predicted molar refractivity (Wildman–Crippen MR) is 87.5 cm³/mol. The lowest BCUT2D eigenvalue weighted by molar-refractivity contribution is 0.551. The molecule has 2 heterocycles. The van der Waals surface area contributed by atoms with Gasteiger partial charge in [0.1, 0.15) is 5.82 Å². The molecule has 1 fully saturated rings. The SMILES string of the molecule is CCCCCn1c(N2CCCCC2)cc2ccccc21. The summed E-state index contributed by atoms with van der Waals surface area (Å²) in [6, 6.07) is 11.2. The average Bonchev–Trinajstić information content (AvgIpc) is 2.87. The molecule has 2 aromatic rings. The molecule has 20 heavy (non-hydrogen) atoms. The summed E-state index contributed by atoms with van der Waals surface area (Å²) in [5.74, 6) is 1.45. The maximum Gasteiger partial charge on any atom is 0.109 e. The number of benzene rings is 1. The molecule has 0 N–H and O–H groups in total. The first-order chi connectivity index (χ1) is 9.90. The third-order valence-corrected chi connectivity index (χ3v) is 4.45. The van der Waals surface area contributed by atoms with E-state index in [0.29, 0.717) is 0 Å². The highest BCUT2D eigenvalue weighted by molar-refractivity contribution is 5.85. The van der Waals surface area contributed by atoms with Crippen LogP contribution in [-0.4, -0.2) is 17.7 Å². The van der Waals surface area contributed by atoms with Gasteiger partial charge in [0.15, 0.2) is 0 Å². The van der Waals surface area contributed by atoms with Gasteiger partial charge in [-0.25, -0.2) is 0 Å². The fourth-order valence-electron chi connectivity index (χ4n) is 3.34. The van der Waals surface area contributed by atoms with E-state index < -0.39 is 0 Å². The number of para-hydroxylation sites is 1. The summed E-state index contributed by atoms with van der Waals surface area (Å²) in [6.07, 6.45) is 7.99. The number of nitrogens with zero attached hydrogens (tertiary/aromatic N) is 2. The summed E-state index contributed by atoms with van der Waals surface area (Å²) >= 11 is 0. The molecule has 0 amide bonds. The summed E-state index contributed by atoms with van der Waals surface area (Å²) in [5, 5.41) is 1.39. The maximum atomic E-state index is 2.59. The van der Waals surface area contributed by atoms with Crippen LogP contribution in [0.4, 0.5) is 5.82 Å². The second-order valence-corrected chi connectivity index (χ2v) is 5.97. The summed E-state index contributed by atoms with van der Waals surface area (Å²) < 4.78 is 2.55. The number of aryl methyl sites for hydroxylation is 1. The van der Waals surface area contributed by atoms with Gasteiger partial charge in [-0.3, -0.25) is 0 Å². The van der Waals surface area contributed by atoms with Crippen LogP contribution in [0.5, 0.6) is 0 Å². The van der Waals surface area contributed by atoms with Crippen molar-refractivity contribution in [3.05, 3.63) is 30.3 Å². The number of hydrogen-bond acceptors (Lipinski definition) is 1. The van der Waals surface area contributed by atoms with Gasteiger partial charge in [-0.2, -0.15) is 0 Å². The van der Waals surface area contributed by atoms with Crippen molar-refractivity contribution < 1.29 is 0 Å². The van der Waals surface area contributed by atoms with Gasteiger partial charge in [0, 0.05) is 30.5 Å². The van der Waals surface area contributed by atoms with Crippen LogP contribution in [0.15, 0.2) is 30.3 Å². The zero-order chi connectivity index (χ0) is 13.8. The number of fused-ring (bicyclic) bond motifs is 1. The van der Waals surface area contributed by atoms with Crippen molar-refractivity contribution in [1.82, 2.24) is 4.57 Å². The van der Waals surface area contributed by atoms with Crippen LogP contribution >= 0.6 is 0 Å². The van der Waals surface area contributed by atoms with Gasteiger partial charge < -0.3 is 9.47 Å². The average molecular weight is 270 g/mol. The van der Waals surface area contributed by atoms with E-state index in [2.05, 4.69) is 46.7 Å². The fourth-order valence-corrected chi connectivity index (χ4v) is 3.34. The Morgan fingerprint density at radius 2 is 1.80 bits per heavy atom. The monoisotopic (exact) mass is 270 g/mol. The number of piperidine rings is 1. The van der Waals surface area contributed by atoms with Crippen LogP contribution < -0.4 is 4.90 Å². The lowest BCUT2D eigenvalue weighted by Crippen LogP contribution is -2.31. The molecule has 2 heteroatoms. The summed E-state index contributed by atoms with van der Waals surface area (Å²) in [6.45, 7) is 5.89. The minimum Gasteiger partial charge on any atom is -0.358 e. The molecule has 0 unspecified atom stereocenters. The van der Waals surface area contributed by atoms with Crippen LogP contribution in [0.25, 0.3) is 10.9 Å². The smallest absolute Gasteiger partial charge is 0.109 e. The molecule has 0 saturated carbocycles. The highest BCUT2D eigenvalue weighted by atomic mass is 15.2. The van der Waals surface area contributed by atoms with E-state index in [-0.39, 0.29) is 0 Å². The number of unbranched alkanes of at least 4 members (excludes halogenated alkanes) is 2. The number of anilines is 1. The molecule has 2 nitrogen and oxygen atoms in total. The van der Waals surface area contributed by atoms with Gasteiger partial charge in [0.25, 0.3) is 0 Å². The standard InChI is InChI=1S/C18H26N2/c1-2-3-7-14-20-17-11-6-5-10-16(17)15-18(20)19-12-8-4-9-13-19/h5-6,10-11,15H,2-4,7-9,12-14H2,1H3. The largest absolute Gasteiger partial charge is 0.358 e. The minimum absolute atomic E-state index is 1.16. The Bertz CT molecular complexity index is 550. The molecule has 1 aliphatic rings. The number of aromatic nitrogens is 1. The van der Waals surface area contributed by atoms with Crippen molar-refractivity contribution in [3.63, 3.8) is 0 Å². The van der Waals surface area contributed by atoms with Crippen molar-refractivity contribution >= 4 is 16.7 Å². The van der Waals surface area contributed by atoms with E-state index in [1.54, 1.807) is 0 Å². The van der Waals surface area contributed by atoms with Crippen molar-refractivity contribution in [3.8, 4) is 0 Å². The van der Waals surface area contributed by atoms with Gasteiger partial charge >= 0.3 is 0 Å². The summed E-state index contributed by atoms with van der Waals surface area (Å²) in [5.41, 5.74) is 1.41. The molecule has 0 spiro atoms. The van der Waals surface area contributed by atoms with Crippen LogP contribution in [0, 0.1) is 0 Å². The quantitative estimate of drug-likeness (QED) is 0.707. The third-order valence-electron chi connectivity index (χ3n) is 4.45. The van der Waals surface area contributed by atoms with Crippen LogP contribution in [0.2, 0.25) is 0 Å². The first-order valence-electron chi connectivity index (χ1n) is 8.23. The van der Waals surface area contributed by atoms with Gasteiger partial charge in [-0.1, -0.05) is 38.0 Å². The zero-order valence-electron chi connectivity index (χ0n) is 12.6. The number of hydrogen-bond donors (Lipinski definition) is 0. The Balaban J connectivity index is 1.93. The normalized spacial score (nSPS) is 15.9. The highest BCUT2D eigenvalue weighted by Crippen LogP contribution is 2.29. The van der Waals surface area contributed by atoms with Crippen molar-refractivity contribution in [2.75, 3.05) is 18.0 Å². The van der Waals surface area contributed by atoms with Gasteiger partial charge in [0.2, 0.25) is 0 Å². The van der Waals surface area contributed by atoms with Crippen molar-refractivity contribution in [1.29, 1.82) is 0 Å². The first kappa shape index (κ1) is 13.5. The topological polar surface area (TPSA) is 8.17 Å². The first-order valence-corrected chi connectivity index (χ1v) is 8.23. The van der Waals surface area contributed by atoms with E-state index in [1.165, 1.54) is 68.3 Å². The molecule has 1 aliphatic heterocycles. The Morgan fingerprint density at radius 1 is 1.00 bits per heavy atom. The van der Waals surface area contributed by atoms with Crippen LogP contribution in [-0.2, 0) is 6.54 Å². The third kappa shape index (κ3) is 2.70. The van der Waals surface area contributed by atoms with E-state index in [0.717, 1.165) is 6.54 Å². The second-order valence-electron chi connectivity index (χ2n) is 5.97. The molecular formula is C18H26N2. The molecule has 1 aromatic heterocycles. The van der Waals surface area contributed by atoms with E-state index in [1.807, 2.05) is 0 Å². The van der Waals surface area contributed by atoms with E-state index >= 15 is 0 Å². The summed E-state index contributed by atoms with van der Waals surface area (Å²) in [7, 11) is 0. The molecule has 3 rings (SSSR count). The van der Waals surface area contributed by atoms with Gasteiger partial charge in [-0.15, -0.1) is 0 Å². The van der Waals surface area contributed by atoms with Gasteiger partial charge in [0.05, 0.1) is 0 Å². The Morgan fingerprint density at radius 3 is 2.60 bits per heavy atom. The lowest BCUT2D eigenvalue weighted by Gasteiger charge is -2.29. The Hall–Kier alpha value is -1.44.